The third-order valence-corrected chi connectivity index (χ3v) is 5.36. The largest absolute Gasteiger partial charge is 0.367 e. The van der Waals surface area contributed by atoms with Gasteiger partial charge in [0.25, 0.3) is 20.1 Å². The highest BCUT2D eigenvalue weighted by Gasteiger charge is 2.18. The Morgan fingerprint density at radius 3 is 2.25 bits per heavy atom. The van der Waals surface area contributed by atoms with Crippen molar-refractivity contribution in [3.63, 3.8) is 0 Å². The van der Waals surface area contributed by atoms with Gasteiger partial charge in [-0.3, -0.25) is 4.55 Å². The summed E-state index contributed by atoms with van der Waals surface area (Å²) < 4.78 is 57.6. The molecule has 1 atom stereocenters. The van der Waals surface area contributed by atoms with Gasteiger partial charge in [0.2, 0.25) is 5.95 Å². The number of aromatic nitrogens is 2. The fourth-order valence-corrected chi connectivity index (χ4v) is 2.95. The molecule has 1 aromatic carbocycles. The molecule has 0 amide bonds. The quantitative estimate of drug-likeness (QED) is 0.644. The van der Waals surface area contributed by atoms with Crippen molar-refractivity contribution in [3.05, 3.63) is 42.2 Å². The van der Waals surface area contributed by atoms with E-state index in [1.54, 1.807) is 13.0 Å². The summed E-state index contributed by atoms with van der Waals surface area (Å²) in [5.74, 6) is -0.0443. The van der Waals surface area contributed by atoms with Crippen LogP contribution in [0.3, 0.4) is 0 Å². The second-order valence-electron chi connectivity index (χ2n) is 4.95. The van der Waals surface area contributed by atoms with Crippen LogP contribution in [0, 0.1) is 6.92 Å². The predicted molar refractivity (Wildman–Crippen MR) is 88.7 cm³/mol. The summed E-state index contributed by atoms with van der Waals surface area (Å²) in [7, 11) is -8.12. The topological polar surface area (TPSA) is 138 Å². The van der Waals surface area contributed by atoms with E-state index in [1.807, 2.05) is 0 Å². The normalized spacial score (nSPS) is 13.3. The molecule has 9 nitrogen and oxygen atoms in total. The number of aryl methyl sites for hydroxylation is 1. The first-order valence-electron chi connectivity index (χ1n) is 6.73. The number of hydrogen-bond donors (Lipinski definition) is 3. The van der Waals surface area contributed by atoms with Crippen molar-refractivity contribution in [2.24, 2.45) is 0 Å². The minimum atomic E-state index is -4.24. The summed E-state index contributed by atoms with van der Waals surface area (Å²) in [6.45, 7) is 2.97. The van der Waals surface area contributed by atoms with Crippen LogP contribution < -0.4 is 10.0 Å². The summed E-state index contributed by atoms with van der Waals surface area (Å²) in [4.78, 5) is 7.74. The molecule has 2 rings (SSSR count). The van der Waals surface area contributed by atoms with Crippen molar-refractivity contribution in [1.29, 1.82) is 0 Å². The Morgan fingerprint density at radius 1 is 1.08 bits per heavy atom. The second kappa shape index (κ2) is 6.71. The summed E-state index contributed by atoms with van der Waals surface area (Å²) in [6.07, 6.45) is 1.43. The fraction of sp³-hybridized carbons (Fsp3) is 0.231. The lowest BCUT2D eigenvalue weighted by molar-refractivity contribution is 0.475. The van der Waals surface area contributed by atoms with Gasteiger partial charge in [-0.25, -0.2) is 23.1 Å². The zero-order valence-corrected chi connectivity index (χ0v) is 14.5. The fourth-order valence-electron chi connectivity index (χ4n) is 1.72. The van der Waals surface area contributed by atoms with Crippen molar-refractivity contribution in [3.8, 4) is 0 Å². The number of nitrogens with zero attached hydrogens (tertiary/aromatic N) is 2. The molecule has 0 aliphatic carbocycles. The first kappa shape index (κ1) is 18.1. The molecular formula is C13H16N4O5S2. The minimum absolute atomic E-state index is 0.0438. The molecule has 1 heterocycles. The van der Waals surface area contributed by atoms with Gasteiger partial charge >= 0.3 is 0 Å². The molecule has 0 spiro atoms. The highest BCUT2D eigenvalue weighted by atomic mass is 32.2. The molecule has 0 radical (unpaired) electrons. The number of rotatable bonds is 6. The first-order valence-corrected chi connectivity index (χ1v) is 9.72. The molecular weight excluding hydrogens is 356 g/mol. The maximum atomic E-state index is 12.3. The maximum Gasteiger partial charge on any atom is 0.285 e. The van der Waals surface area contributed by atoms with Crippen molar-refractivity contribution >= 4 is 31.8 Å². The van der Waals surface area contributed by atoms with Gasteiger partial charge in [0.15, 0.2) is 5.37 Å². The minimum Gasteiger partial charge on any atom is -0.367 e. The van der Waals surface area contributed by atoms with E-state index in [2.05, 4.69) is 20.0 Å². The first-order chi connectivity index (χ1) is 11.1. The smallest absolute Gasteiger partial charge is 0.285 e. The van der Waals surface area contributed by atoms with Gasteiger partial charge in [-0.15, -0.1) is 0 Å². The van der Waals surface area contributed by atoms with Crippen LogP contribution in [0.15, 0.2) is 41.4 Å². The number of hydrogen-bond acceptors (Lipinski definition) is 7. The molecule has 0 bridgehead atoms. The van der Waals surface area contributed by atoms with Crippen molar-refractivity contribution in [2.75, 3.05) is 10.0 Å². The van der Waals surface area contributed by atoms with Crippen LogP contribution in [0.2, 0.25) is 0 Å². The van der Waals surface area contributed by atoms with Crippen LogP contribution in [-0.2, 0) is 20.1 Å². The molecule has 2 aromatic rings. The molecule has 0 saturated heterocycles. The van der Waals surface area contributed by atoms with Crippen LogP contribution in [0.25, 0.3) is 0 Å². The van der Waals surface area contributed by atoms with Crippen molar-refractivity contribution in [1.82, 2.24) is 9.97 Å². The number of nitrogens with one attached hydrogen (secondary N) is 2. The Hall–Kier alpha value is -2.24. The van der Waals surface area contributed by atoms with E-state index in [1.165, 1.54) is 37.4 Å². The van der Waals surface area contributed by atoms with E-state index in [9.17, 15) is 16.8 Å². The van der Waals surface area contributed by atoms with Gasteiger partial charge in [-0.1, -0.05) is 0 Å². The van der Waals surface area contributed by atoms with E-state index in [0.29, 0.717) is 11.4 Å². The molecule has 0 aliphatic heterocycles. The highest BCUT2D eigenvalue weighted by Crippen LogP contribution is 2.17. The zero-order valence-electron chi connectivity index (χ0n) is 12.8. The standard InChI is InChI=1S/C13H16N4O5S2/c1-9-7-8-14-13(15-9)17-23(18,19)12-5-3-11(4-6-12)16-10(2)24(20,21)22/h3-8,10,16H,1-2H3,(H,14,15,17)(H,20,21,22). The zero-order chi connectivity index (χ0) is 18.0. The Balaban J connectivity index is 2.17. The average Bonchev–Trinajstić information content (AvgIpc) is 2.46. The molecule has 0 saturated carbocycles. The third-order valence-electron chi connectivity index (χ3n) is 3.00. The Labute approximate surface area is 140 Å². The average molecular weight is 372 g/mol. The van der Waals surface area contributed by atoms with E-state index in [4.69, 9.17) is 4.55 Å². The lowest BCUT2D eigenvalue weighted by Gasteiger charge is -2.13. The van der Waals surface area contributed by atoms with Crippen LogP contribution in [0.1, 0.15) is 12.6 Å². The van der Waals surface area contributed by atoms with Crippen LogP contribution in [0.5, 0.6) is 0 Å². The number of sulfonamides is 1. The van der Waals surface area contributed by atoms with Crippen LogP contribution >= 0.6 is 0 Å². The van der Waals surface area contributed by atoms with Gasteiger partial charge in [0, 0.05) is 17.6 Å². The molecule has 130 valence electrons. The number of benzene rings is 1. The highest BCUT2D eigenvalue weighted by molar-refractivity contribution is 7.92. The van der Waals surface area contributed by atoms with Crippen LogP contribution in [0.4, 0.5) is 11.6 Å². The third kappa shape index (κ3) is 4.63. The summed E-state index contributed by atoms with van der Waals surface area (Å²) in [6, 6.07) is 6.98. The Morgan fingerprint density at radius 2 is 1.71 bits per heavy atom. The van der Waals surface area contributed by atoms with E-state index < -0.39 is 25.5 Å². The summed E-state index contributed by atoms with van der Waals surface area (Å²) in [5, 5.41) is 1.32. The Kier molecular flexibility index (Phi) is 5.06. The summed E-state index contributed by atoms with van der Waals surface area (Å²) >= 11 is 0. The lowest BCUT2D eigenvalue weighted by atomic mass is 10.3. The van der Waals surface area contributed by atoms with Gasteiger partial charge in [0.05, 0.1) is 4.90 Å². The van der Waals surface area contributed by atoms with E-state index in [0.717, 1.165) is 0 Å². The SMILES string of the molecule is Cc1ccnc(NS(=O)(=O)c2ccc(NC(C)S(=O)(=O)O)cc2)n1. The second-order valence-corrected chi connectivity index (χ2v) is 8.37. The maximum absolute atomic E-state index is 12.3. The van der Waals surface area contributed by atoms with Gasteiger partial charge in [-0.05, 0) is 44.2 Å². The van der Waals surface area contributed by atoms with Crippen LogP contribution in [-0.4, -0.2) is 36.7 Å². The van der Waals surface area contributed by atoms with Crippen molar-refractivity contribution in [2.45, 2.75) is 24.1 Å². The molecule has 24 heavy (non-hydrogen) atoms. The van der Waals surface area contributed by atoms with E-state index >= 15 is 0 Å². The lowest BCUT2D eigenvalue weighted by Crippen LogP contribution is -2.25. The van der Waals surface area contributed by atoms with E-state index in [-0.39, 0.29) is 10.8 Å². The molecule has 3 N–H and O–H groups in total. The molecule has 11 heteroatoms. The van der Waals surface area contributed by atoms with Gasteiger partial charge in [0.1, 0.15) is 0 Å². The molecule has 1 aromatic heterocycles. The molecule has 0 aliphatic rings. The summed E-state index contributed by atoms with van der Waals surface area (Å²) in [5.41, 5.74) is 0.951. The van der Waals surface area contributed by atoms with Gasteiger partial charge < -0.3 is 5.32 Å². The Bertz CT molecular complexity index is 927. The predicted octanol–water partition coefficient (Wildman–Crippen LogP) is 1.23. The van der Waals surface area contributed by atoms with Crippen molar-refractivity contribution < 1.29 is 21.4 Å². The molecule has 0 fully saturated rings. The number of anilines is 2. The molecule has 1 unspecified atom stereocenters. The van der Waals surface area contributed by atoms with Gasteiger partial charge in [-0.2, -0.15) is 8.42 Å². The monoisotopic (exact) mass is 372 g/mol.